The molecule has 29 heavy (non-hydrogen) atoms. The number of halogens is 6. The Morgan fingerprint density at radius 3 is 2.45 bits per heavy atom. The van der Waals surface area contributed by atoms with E-state index in [1.165, 1.54) is 13.0 Å². The normalized spacial score (nSPS) is 11.1. The lowest BCUT2D eigenvalue weighted by atomic mass is 10.1. The van der Waals surface area contributed by atoms with Crippen LogP contribution in [-0.4, -0.2) is 31.1 Å². The van der Waals surface area contributed by atoms with E-state index >= 15 is 0 Å². The van der Waals surface area contributed by atoms with Gasteiger partial charge >= 0.3 is 6.18 Å². The van der Waals surface area contributed by atoms with Crippen molar-refractivity contribution >= 4 is 46.4 Å². The van der Waals surface area contributed by atoms with Crippen LogP contribution in [0.4, 0.5) is 28.9 Å². The highest BCUT2D eigenvalue weighted by atomic mass is 35.5. The van der Waals surface area contributed by atoms with E-state index < -0.39 is 30.4 Å². The van der Waals surface area contributed by atoms with Crippen molar-refractivity contribution in [3.63, 3.8) is 0 Å². The Labute approximate surface area is 173 Å². The third-order valence-electron chi connectivity index (χ3n) is 3.72. The molecule has 2 aromatic carbocycles. The van der Waals surface area contributed by atoms with Gasteiger partial charge in [0.1, 0.15) is 12.4 Å². The fourth-order valence-electron chi connectivity index (χ4n) is 2.25. The summed E-state index contributed by atoms with van der Waals surface area (Å²) in [6.07, 6.45) is -4.60. The number of anilines is 2. The number of carbonyl (C=O) groups excluding carboxylic acids is 2. The first-order valence-corrected chi connectivity index (χ1v) is 8.86. The van der Waals surface area contributed by atoms with Crippen LogP contribution in [0.5, 0.6) is 0 Å². The smallest absolute Gasteiger partial charge is 0.376 e. The molecule has 5 nitrogen and oxygen atoms in total. The maximum absolute atomic E-state index is 14.1. The van der Waals surface area contributed by atoms with Gasteiger partial charge in [-0.05, 0) is 31.2 Å². The van der Waals surface area contributed by atoms with E-state index in [1.54, 1.807) is 17.4 Å². The fraction of sp³-hybridized carbons (Fsp3) is 0.222. The second-order valence-corrected chi connectivity index (χ2v) is 6.72. The molecule has 0 radical (unpaired) electrons. The zero-order valence-electron chi connectivity index (χ0n) is 14.9. The molecule has 2 aromatic rings. The van der Waals surface area contributed by atoms with Crippen molar-refractivity contribution in [1.82, 2.24) is 5.32 Å². The minimum absolute atomic E-state index is 0.0782. The Morgan fingerprint density at radius 2 is 1.79 bits per heavy atom. The number of alkyl halides is 3. The Balaban J connectivity index is 2.08. The molecule has 0 aliphatic heterocycles. The summed E-state index contributed by atoms with van der Waals surface area (Å²) in [6, 6.07) is 6.63. The molecule has 0 spiro atoms. The molecule has 0 aliphatic rings. The lowest BCUT2D eigenvalue weighted by molar-refractivity contribution is -0.123. The third kappa shape index (κ3) is 6.50. The van der Waals surface area contributed by atoms with Crippen molar-refractivity contribution in [1.29, 1.82) is 0 Å². The van der Waals surface area contributed by atoms with Gasteiger partial charge in [0, 0.05) is 16.8 Å². The molecule has 2 rings (SSSR count). The van der Waals surface area contributed by atoms with Crippen molar-refractivity contribution in [2.75, 3.05) is 23.7 Å². The van der Waals surface area contributed by atoms with E-state index in [-0.39, 0.29) is 39.1 Å². The van der Waals surface area contributed by atoms with E-state index in [0.29, 0.717) is 0 Å². The van der Waals surface area contributed by atoms with Crippen LogP contribution >= 0.6 is 23.2 Å². The Morgan fingerprint density at radius 1 is 1.10 bits per heavy atom. The van der Waals surface area contributed by atoms with Gasteiger partial charge < -0.3 is 16.0 Å². The average molecular weight is 452 g/mol. The van der Waals surface area contributed by atoms with Crippen LogP contribution in [0.1, 0.15) is 15.9 Å². The monoisotopic (exact) mass is 451 g/mol. The molecule has 0 atom stereocenters. The zero-order chi connectivity index (χ0) is 21.8. The summed E-state index contributed by atoms with van der Waals surface area (Å²) in [4.78, 5) is 23.9. The standard InChI is InChI=1S/C18H15Cl2F4N3O2/c1-9-12(21)5-10(17(29)26-8-18(22,23)24)6-14(9)25-7-15(28)27-13-4-2-3-11(19)16(13)20/h2-6,25H,7-8H2,1H3,(H,26,29)(H,27,28). The molecule has 0 aliphatic carbocycles. The Bertz CT molecular complexity index is 936. The van der Waals surface area contributed by atoms with Crippen LogP contribution in [0.3, 0.4) is 0 Å². The number of hydrogen-bond acceptors (Lipinski definition) is 3. The minimum Gasteiger partial charge on any atom is -0.376 e. The summed E-state index contributed by atoms with van der Waals surface area (Å²) in [5.41, 5.74) is 0.118. The molecule has 0 saturated carbocycles. The van der Waals surface area contributed by atoms with Crippen molar-refractivity contribution in [3.05, 3.63) is 57.3 Å². The molecule has 11 heteroatoms. The molecule has 0 saturated heterocycles. The van der Waals surface area contributed by atoms with Crippen LogP contribution in [0.15, 0.2) is 30.3 Å². The number of benzene rings is 2. The fourth-order valence-corrected chi connectivity index (χ4v) is 2.59. The van der Waals surface area contributed by atoms with E-state index in [4.69, 9.17) is 23.2 Å². The first kappa shape index (κ1) is 22.8. The molecule has 0 heterocycles. The topological polar surface area (TPSA) is 70.2 Å². The lowest BCUT2D eigenvalue weighted by Gasteiger charge is -2.14. The van der Waals surface area contributed by atoms with Crippen molar-refractivity contribution in [2.45, 2.75) is 13.1 Å². The van der Waals surface area contributed by atoms with Crippen LogP contribution < -0.4 is 16.0 Å². The highest BCUT2D eigenvalue weighted by Gasteiger charge is 2.28. The number of carbonyl (C=O) groups is 2. The lowest BCUT2D eigenvalue weighted by Crippen LogP contribution is -2.33. The van der Waals surface area contributed by atoms with Gasteiger partial charge in [-0.15, -0.1) is 0 Å². The second kappa shape index (κ2) is 9.32. The Hall–Kier alpha value is -2.52. The molecular formula is C18H15Cl2F4N3O2. The highest BCUT2D eigenvalue weighted by Crippen LogP contribution is 2.29. The Kier molecular flexibility index (Phi) is 7.32. The van der Waals surface area contributed by atoms with Crippen LogP contribution in [0.25, 0.3) is 0 Å². The predicted octanol–water partition coefficient (Wildman–Crippen LogP) is 4.78. The SMILES string of the molecule is Cc1c(F)cc(C(=O)NCC(F)(F)F)cc1NCC(=O)Nc1cccc(Cl)c1Cl. The molecule has 2 amide bonds. The van der Waals surface area contributed by atoms with Crippen LogP contribution in [-0.2, 0) is 4.79 Å². The van der Waals surface area contributed by atoms with Gasteiger partial charge in [-0.1, -0.05) is 29.3 Å². The number of rotatable bonds is 6. The van der Waals surface area contributed by atoms with E-state index in [1.807, 2.05) is 0 Å². The first-order chi connectivity index (χ1) is 13.5. The summed E-state index contributed by atoms with van der Waals surface area (Å²) in [7, 11) is 0. The highest BCUT2D eigenvalue weighted by molar-refractivity contribution is 6.44. The zero-order valence-corrected chi connectivity index (χ0v) is 16.4. The summed E-state index contributed by atoms with van der Waals surface area (Å²) in [5.74, 6) is -2.45. The number of nitrogens with one attached hydrogen (secondary N) is 3. The molecule has 156 valence electrons. The summed E-state index contributed by atoms with van der Waals surface area (Å²) < 4.78 is 50.8. The van der Waals surface area contributed by atoms with Crippen molar-refractivity contribution < 1.29 is 27.2 Å². The van der Waals surface area contributed by atoms with Gasteiger partial charge in [-0.25, -0.2) is 4.39 Å². The van der Waals surface area contributed by atoms with Gasteiger partial charge in [-0.3, -0.25) is 9.59 Å². The van der Waals surface area contributed by atoms with Gasteiger partial charge in [-0.2, -0.15) is 13.2 Å². The maximum atomic E-state index is 14.1. The van der Waals surface area contributed by atoms with E-state index in [2.05, 4.69) is 10.6 Å². The first-order valence-electron chi connectivity index (χ1n) is 8.11. The molecule has 0 bridgehead atoms. The summed E-state index contributed by atoms with van der Waals surface area (Å²) >= 11 is 11.8. The predicted molar refractivity (Wildman–Crippen MR) is 103 cm³/mol. The maximum Gasteiger partial charge on any atom is 0.405 e. The molecular weight excluding hydrogens is 437 g/mol. The largest absolute Gasteiger partial charge is 0.405 e. The summed E-state index contributed by atoms with van der Waals surface area (Å²) in [5, 5.41) is 7.21. The average Bonchev–Trinajstić information content (AvgIpc) is 2.64. The molecule has 0 aromatic heterocycles. The van der Waals surface area contributed by atoms with Gasteiger partial charge in [0.25, 0.3) is 5.91 Å². The molecule has 0 fully saturated rings. The van der Waals surface area contributed by atoms with E-state index in [9.17, 15) is 27.2 Å². The third-order valence-corrected chi connectivity index (χ3v) is 4.54. The van der Waals surface area contributed by atoms with Crippen molar-refractivity contribution in [3.8, 4) is 0 Å². The van der Waals surface area contributed by atoms with Gasteiger partial charge in [0.15, 0.2) is 0 Å². The number of hydrogen-bond donors (Lipinski definition) is 3. The van der Waals surface area contributed by atoms with Gasteiger partial charge in [0.2, 0.25) is 5.91 Å². The minimum atomic E-state index is -4.60. The van der Waals surface area contributed by atoms with Crippen molar-refractivity contribution in [2.24, 2.45) is 0 Å². The van der Waals surface area contributed by atoms with E-state index in [0.717, 1.165) is 12.1 Å². The van der Waals surface area contributed by atoms with Crippen LogP contribution in [0, 0.1) is 12.7 Å². The quantitative estimate of drug-likeness (QED) is 0.553. The molecule has 3 N–H and O–H groups in total. The van der Waals surface area contributed by atoms with Gasteiger partial charge in [0.05, 0.1) is 22.3 Å². The second-order valence-electron chi connectivity index (χ2n) is 5.93. The summed E-state index contributed by atoms with van der Waals surface area (Å²) in [6.45, 7) is -0.482. The van der Waals surface area contributed by atoms with Crippen LogP contribution in [0.2, 0.25) is 10.0 Å². The number of amides is 2. The molecule has 0 unspecified atom stereocenters.